The number of ketones is 1. The van der Waals surface area contributed by atoms with Crippen LogP contribution >= 0.6 is 0 Å². The topological polar surface area (TPSA) is 88.3 Å². The molecule has 0 saturated carbocycles. The number of aromatic nitrogens is 1. The van der Waals surface area contributed by atoms with Crippen molar-refractivity contribution < 1.29 is 9.59 Å². The first-order valence-corrected chi connectivity index (χ1v) is 12.0. The monoisotopic (exact) mass is 460 g/mol. The maximum Gasteiger partial charge on any atom is 0.240 e. The molecule has 3 N–H and O–H groups in total. The van der Waals surface area contributed by atoms with Gasteiger partial charge in [0.15, 0.2) is 5.78 Å². The number of nitrogens with two attached hydrogens (primary N) is 1. The summed E-state index contributed by atoms with van der Waals surface area (Å²) in [5.41, 5.74) is 8.20. The third-order valence-corrected chi connectivity index (χ3v) is 6.31. The van der Waals surface area contributed by atoms with Gasteiger partial charge in [-0.1, -0.05) is 62.4 Å². The highest BCUT2D eigenvalue weighted by Crippen LogP contribution is 2.21. The molecule has 2 atom stereocenters. The maximum absolute atomic E-state index is 13.3. The molecule has 1 heterocycles. The number of aryl methyl sites for hydroxylation is 2. The molecule has 34 heavy (non-hydrogen) atoms. The summed E-state index contributed by atoms with van der Waals surface area (Å²) in [4.78, 5) is 32.0. The molecule has 2 aromatic carbocycles. The van der Waals surface area contributed by atoms with Gasteiger partial charge in [0.25, 0.3) is 0 Å². The van der Waals surface area contributed by atoms with Crippen molar-refractivity contribution in [1.29, 1.82) is 0 Å². The first-order chi connectivity index (χ1) is 16.3. The van der Waals surface area contributed by atoms with Crippen LogP contribution in [0, 0.1) is 0 Å². The Bertz CT molecular complexity index is 1110. The maximum atomic E-state index is 13.3. The van der Waals surface area contributed by atoms with E-state index in [9.17, 15) is 9.59 Å². The van der Waals surface area contributed by atoms with Crippen LogP contribution in [-0.4, -0.2) is 46.7 Å². The number of hydrogen-bond acceptors (Lipinski definition) is 5. The number of Topliss-reactive ketones (excluding diaryl/α,β-unsaturated/α-hetero) is 1. The van der Waals surface area contributed by atoms with Gasteiger partial charge in [-0.15, -0.1) is 0 Å². The minimum Gasteiger partial charge on any atom is -0.383 e. The van der Waals surface area contributed by atoms with Crippen molar-refractivity contribution >= 4 is 28.3 Å². The largest absolute Gasteiger partial charge is 0.383 e. The third-order valence-electron chi connectivity index (χ3n) is 6.31. The molecule has 3 rings (SSSR count). The standard InChI is InChI=1S/C28H36N4O2/c1-19(2)31-25(14-11-21-8-6-5-7-9-21)28(34)32(4)20(3)26(33)15-12-22-10-13-24-23(18-22)16-17-30-27(24)29/h5-10,13,16-20,25,31H,11-12,14-15H2,1-4H3,(H2,29,30)/t20-,25+/m0/s1. The lowest BCUT2D eigenvalue weighted by atomic mass is 10.00. The average Bonchev–Trinajstić information content (AvgIpc) is 2.84. The molecule has 1 amide bonds. The van der Waals surface area contributed by atoms with Gasteiger partial charge >= 0.3 is 0 Å². The van der Waals surface area contributed by atoms with Crippen LogP contribution in [0.1, 0.15) is 44.7 Å². The molecule has 3 aromatic rings. The smallest absolute Gasteiger partial charge is 0.240 e. The highest BCUT2D eigenvalue weighted by Gasteiger charge is 2.28. The Hall–Kier alpha value is -3.25. The van der Waals surface area contributed by atoms with E-state index < -0.39 is 6.04 Å². The second-order valence-corrected chi connectivity index (χ2v) is 9.24. The molecule has 0 saturated heterocycles. The van der Waals surface area contributed by atoms with Crippen molar-refractivity contribution in [3.63, 3.8) is 0 Å². The Kier molecular flexibility index (Phi) is 8.77. The number of carbonyl (C=O) groups is 2. The van der Waals surface area contributed by atoms with Gasteiger partial charge in [-0.25, -0.2) is 4.98 Å². The predicted octanol–water partition coefficient (Wildman–Crippen LogP) is 4.17. The van der Waals surface area contributed by atoms with E-state index in [2.05, 4.69) is 22.4 Å². The normalized spacial score (nSPS) is 13.1. The summed E-state index contributed by atoms with van der Waals surface area (Å²) in [6.45, 7) is 5.88. The molecule has 1 aromatic heterocycles. The van der Waals surface area contributed by atoms with Crippen LogP contribution in [0.25, 0.3) is 10.8 Å². The SMILES string of the molecule is CC(C)N[C@H](CCc1ccccc1)C(=O)N(C)[C@@H](C)C(=O)CCc1ccc2c(N)nccc2c1. The number of likely N-dealkylation sites (N-methyl/N-ethyl adjacent to an activating group) is 1. The molecular formula is C28H36N4O2. The molecule has 0 unspecified atom stereocenters. The summed E-state index contributed by atoms with van der Waals surface area (Å²) in [6, 6.07) is 17.4. The molecule has 0 spiro atoms. The minimum absolute atomic E-state index is 0.0424. The molecule has 0 fully saturated rings. The first kappa shape index (κ1) is 25.4. The van der Waals surface area contributed by atoms with Gasteiger partial charge in [-0.05, 0) is 48.8 Å². The zero-order valence-electron chi connectivity index (χ0n) is 20.6. The van der Waals surface area contributed by atoms with E-state index in [1.54, 1.807) is 18.1 Å². The van der Waals surface area contributed by atoms with E-state index in [1.165, 1.54) is 5.56 Å². The van der Waals surface area contributed by atoms with Crippen molar-refractivity contribution in [2.24, 2.45) is 0 Å². The Morgan fingerprint density at radius 3 is 2.44 bits per heavy atom. The van der Waals surface area contributed by atoms with E-state index >= 15 is 0 Å². The number of hydrogen-bond donors (Lipinski definition) is 2. The summed E-state index contributed by atoms with van der Waals surface area (Å²) in [5.74, 6) is 0.515. The van der Waals surface area contributed by atoms with Gasteiger partial charge in [-0.2, -0.15) is 0 Å². The van der Waals surface area contributed by atoms with Gasteiger partial charge in [-0.3, -0.25) is 9.59 Å². The first-order valence-electron chi connectivity index (χ1n) is 12.0. The van der Waals surface area contributed by atoms with Crippen LogP contribution in [0.2, 0.25) is 0 Å². The Balaban J connectivity index is 1.60. The number of fused-ring (bicyclic) bond motifs is 1. The van der Waals surface area contributed by atoms with Gasteiger partial charge in [0, 0.05) is 31.1 Å². The quantitative estimate of drug-likeness (QED) is 0.448. The number of rotatable bonds is 11. The zero-order valence-corrected chi connectivity index (χ0v) is 20.6. The van der Waals surface area contributed by atoms with Crippen molar-refractivity contribution in [1.82, 2.24) is 15.2 Å². The molecule has 180 valence electrons. The summed E-state index contributed by atoms with van der Waals surface area (Å²) in [6.07, 6.45) is 4.16. The number of anilines is 1. The Labute approximate surface area is 202 Å². The molecule has 0 bridgehead atoms. The fraction of sp³-hybridized carbons (Fsp3) is 0.393. The van der Waals surface area contributed by atoms with Crippen LogP contribution in [0.4, 0.5) is 5.82 Å². The lowest BCUT2D eigenvalue weighted by molar-refractivity contribution is -0.139. The molecule has 0 aliphatic carbocycles. The number of carbonyl (C=O) groups excluding carboxylic acids is 2. The number of benzene rings is 2. The van der Waals surface area contributed by atoms with Crippen molar-refractivity contribution in [2.75, 3.05) is 12.8 Å². The van der Waals surface area contributed by atoms with Crippen LogP contribution < -0.4 is 11.1 Å². The van der Waals surface area contributed by atoms with Gasteiger partial charge in [0.1, 0.15) is 5.82 Å². The van der Waals surface area contributed by atoms with Crippen molar-refractivity contribution in [3.05, 3.63) is 71.9 Å². The van der Waals surface area contributed by atoms with E-state index in [4.69, 9.17) is 5.73 Å². The summed E-state index contributed by atoms with van der Waals surface area (Å²) < 4.78 is 0. The second-order valence-electron chi connectivity index (χ2n) is 9.24. The highest BCUT2D eigenvalue weighted by molar-refractivity contribution is 5.92. The van der Waals surface area contributed by atoms with Crippen molar-refractivity contribution in [2.45, 2.75) is 64.6 Å². The lowest BCUT2D eigenvalue weighted by Crippen LogP contribution is -2.51. The highest BCUT2D eigenvalue weighted by atomic mass is 16.2. The zero-order chi connectivity index (χ0) is 24.7. The van der Waals surface area contributed by atoms with Crippen molar-refractivity contribution in [3.8, 4) is 0 Å². The Morgan fingerprint density at radius 2 is 1.74 bits per heavy atom. The average molecular weight is 461 g/mol. The molecule has 6 nitrogen and oxygen atoms in total. The van der Waals surface area contributed by atoms with Gasteiger partial charge < -0.3 is 16.0 Å². The lowest BCUT2D eigenvalue weighted by Gasteiger charge is -2.30. The van der Waals surface area contributed by atoms with Crippen LogP contribution in [0.15, 0.2) is 60.8 Å². The number of nitrogens with one attached hydrogen (secondary N) is 1. The van der Waals surface area contributed by atoms with E-state index in [-0.39, 0.29) is 23.8 Å². The Morgan fingerprint density at radius 1 is 1.00 bits per heavy atom. The van der Waals surface area contributed by atoms with Crippen LogP contribution in [-0.2, 0) is 22.4 Å². The molecule has 6 heteroatoms. The molecule has 0 radical (unpaired) electrons. The number of nitrogen functional groups attached to an aromatic ring is 1. The predicted molar refractivity (Wildman–Crippen MR) is 139 cm³/mol. The number of amides is 1. The fourth-order valence-electron chi connectivity index (χ4n) is 4.17. The number of nitrogens with zero attached hydrogens (tertiary/aromatic N) is 2. The second kappa shape index (κ2) is 11.7. The van der Waals surface area contributed by atoms with Crippen LogP contribution in [0.5, 0.6) is 0 Å². The molecule has 0 aliphatic rings. The van der Waals surface area contributed by atoms with E-state index in [0.29, 0.717) is 25.1 Å². The molecular weight excluding hydrogens is 424 g/mol. The minimum atomic E-state index is -0.485. The third kappa shape index (κ3) is 6.64. The fourth-order valence-corrected chi connectivity index (χ4v) is 4.17. The number of pyridine rings is 1. The molecule has 0 aliphatic heterocycles. The van der Waals surface area contributed by atoms with E-state index in [0.717, 1.165) is 22.8 Å². The van der Waals surface area contributed by atoms with E-state index in [1.807, 2.05) is 63.2 Å². The summed E-state index contributed by atoms with van der Waals surface area (Å²) >= 11 is 0. The summed E-state index contributed by atoms with van der Waals surface area (Å²) in [5, 5.41) is 5.31. The van der Waals surface area contributed by atoms with Gasteiger partial charge in [0.05, 0.1) is 12.1 Å². The van der Waals surface area contributed by atoms with Gasteiger partial charge in [0.2, 0.25) is 5.91 Å². The summed E-state index contributed by atoms with van der Waals surface area (Å²) in [7, 11) is 1.73. The van der Waals surface area contributed by atoms with Crippen LogP contribution in [0.3, 0.4) is 0 Å².